The Bertz CT molecular complexity index is 545. The first kappa shape index (κ1) is 20.6. The molecule has 3 aliphatic rings. The van der Waals surface area contributed by atoms with Gasteiger partial charge in [-0.15, -0.1) is 0 Å². The second-order valence-corrected chi connectivity index (χ2v) is 8.81. The lowest BCUT2D eigenvalue weighted by Gasteiger charge is -2.43. The second-order valence-electron chi connectivity index (χ2n) is 8.81. The summed E-state index contributed by atoms with van der Waals surface area (Å²) in [6, 6.07) is 0. The fraction of sp³-hybridized carbons (Fsp3) is 0.857. The van der Waals surface area contributed by atoms with E-state index >= 15 is 0 Å². The predicted octanol–water partition coefficient (Wildman–Crippen LogP) is 3.54. The minimum absolute atomic E-state index is 0.0687. The molecule has 2 heterocycles. The standard InChI is InChI=1S/C21H35NO5/c1-16(2)6-5-11-25-20(3,4)18-14-17(7-8-21(18)15-26-21)27-19(23)22-9-12-24-13-10-22/h6,17-18H,5,7-15H2,1-4H3/t17-,18-,21?/m1/s1. The van der Waals surface area contributed by atoms with Crippen LogP contribution in [0, 0.1) is 5.92 Å². The van der Waals surface area contributed by atoms with Crippen molar-refractivity contribution in [2.75, 3.05) is 39.5 Å². The van der Waals surface area contributed by atoms with Gasteiger partial charge in [0.2, 0.25) is 0 Å². The van der Waals surface area contributed by atoms with Crippen LogP contribution in [0.1, 0.15) is 53.4 Å². The molecule has 0 aromatic heterocycles. The van der Waals surface area contributed by atoms with Gasteiger partial charge in [-0.05, 0) is 53.4 Å². The number of allylic oxidation sites excluding steroid dienone is 1. The molecule has 2 saturated heterocycles. The summed E-state index contributed by atoms with van der Waals surface area (Å²) in [4.78, 5) is 14.2. The van der Waals surface area contributed by atoms with Crippen LogP contribution >= 0.6 is 0 Å². The number of nitrogens with zero attached hydrogens (tertiary/aromatic N) is 1. The average Bonchev–Trinajstić information content (AvgIpc) is 3.41. The largest absolute Gasteiger partial charge is 0.446 e. The van der Waals surface area contributed by atoms with Crippen molar-refractivity contribution in [3.05, 3.63) is 11.6 Å². The van der Waals surface area contributed by atoms with Crippen molar-refractivity contribution in [1.29, 1.82) is 0 Å². The predicted molar refractivity (Wildman–Crippen MR) is 103 cm³/mol. The van der Waals surface area contributed by atoms with Gasteiger partial charge in [0.1, 0.15) is 6.10 Å². The van der Waals surface area contributed by atoms with Crippen molar-refractivity contribution in [2.45, 2.75) is 70.7 Å². The summed E-state index contributed by atoms with van der Waals surface area (Å²) >= 11 is 0. The van der Waals surface area contributed by atoms with E-state index in [2.05, 4.69) is 33.8 Å². The Kier molecular flexibility index (Phi) is 6.49. The summed E-state index contributed by atoms with van der Waals surface area (Å²) in [6.45, 7) is 12.4. The van der Waals surface area contributed by atoms with Crippen molar-refractivity contribution >= 4 is 6.09 Å². The van der Waals surface area contributed by atoms with Gasteiger partial charge < -0.3 is 23.8 Å². The van der Waals surface area contributed by atoms with Gasteiger partial charge in [0.05, 0.1) is 37.6 Å². The Morgan fingerprint density at radius 2 is 2.00 bits per heavy atom. The molecule has 3 rings (SSSR count). The summed E-state index contributed by atoms with van der Waals surface area (Å²) in [6.07, 6.45) is 5.43. The molecule has 1 unspecified atom stereocenters. The molecule has 2 aliphatic heterocycles. The van der Waals surface area contributed by atoms with Gasteiger partial charge in [-0.25, -0.2) is 4.79 Å². The number of amides is 1. The van der Waals surface area contributed by atoms with Crippen LogP contribution in [0.4, 0.5) is 4.79 Å². The number of hydrogen-bond acceptors (Lipinski definition) is 5. The number of hydrogen-bond donors (Lipinski definition) is 0. The molecular formula is C21H35NO5. The van der Waals surface area contributed by atoms with Crippen LogP contribution in [0.2, 0.25) is 0 Å². The van der Waals surface area contributed by atoms with Crippen LogP contribution in [0.25, 0.3) is 0 Å². The van der Waals surface area contributed by atoms with Crippen molar-refractivity contribution in [3.8, 4) is 0 Å². The lowest BCUT2D eigenvalue weighted by atomic mass is 9.70. The van der Waals surface area contributed by atoms with E-state index in [-0.39, 0.29) is 29.3 Å². The summed E-state index contributed by atoms with van der Waals surface area (Å²) < 4.78 is 23.3. The Morgan fingerprint density at radius 1 is 1.30 bits per heavy atom. The van der Waals surface area contributed by atoms with Gasteiger partial charge in [0.15, 0.2) is 0 Å². The maximum atomic E-state index is 12.5. The number of morpholine rings is 1. The van der Waals surface area contributed by atoms with Crippen molar-refractivity contribution in [2.24, 2.45) is 5.92 Å². The van der Waals surface area contributed by atoms with E-state index in [1.54, 1.807) is 4.90 Å². The lowest BCUT2D eigenvalue weighted by molar-refractivity contribution is -0.112. The summed E-state index contributed by atoms with van der Waals surface area (Å²) in [5, 5.41) is 0. The highest BCUT2D eigenvalue weighted by Gasteiger charge is 2.59. The van der Waals surface area contributed by atoms with Gasteiger partial charge in [-0.3, -0.25) is 0 Å². The number of ether oxygens (including phenoxy) is 4. The van der Waals surface area contributed by atoms with E-state index in [4.69, 9.17) is 18.9 Å². The van der Waals surface area contributed by atoms with Gasteiger partial charge in [0.25, 0.3) is 0 Å². The van der Waals surface area contributed by atoms with Crippen LogP contribution in [-0.4, -0.2) is 67.8 Å². The molecule has 6 heteroatoms. The molecule has 3 fully saturated rings. The molecule has 1 amide bonds. The third kappa shape index (κ3) is 5.24. The molecule has 0 radical (unpaired) electrons. The molecule has 3 atom stereocenters. The van der Waals surface area contributed by atoms with Crippen LogP contribution < -0.4 is 0 Å². The zero-order valence-electron chi connectivity index (χ0n) is 17.3. The Hall–Kier alpha value is -1.11. The minimum Gasteiger partial charge on any atom is -0.446 e. The molecule has 0 aromatic carbocycles. The molecule has 0 N–H and O–H groups in total. The fourth-order valence-corrected chi connectivity index (χ4v) is 4.37. The molecule has 154 valence electrons. The lowest BCUT2D eigenvalue weighted by Crippen LogP contribution is -2.50. The maximum absolute atomic E-state index is 12.5. The Balaban J connectivity index is 1.56. The summed E-state index contributed by atoms with van der Waals surface area (Å²) in [7, 11) is 0. The molecular weight excluding hydrogens is 346 g/mol. The SMILES string of the molecule is CC(C)=CCCOC(C)(C)[C@H]1C[C@H](OC(=O)N2CCOCC2)CCC12CO2. The molecule has 6 nitrogen and oxygen atoms in total. The highest BCUT2D eigenvalue weighted by atomic mass is 16.6. The normalized spacial score (nSPS) is 30.9. The van der Waals surface area contributed by atoms with Crippen molar-refractivity contribution in [3.63, 3.8) is 0 Å². The average molecular weight is 382 g/mol. The van der Waals surface area contributed by atoms with Crippen molar-refractivity contribution < 1.29 is 23.7 Å². The molecule has 1 saturated carbocycles. The van der Waals surface area contributed by atoms with E-state index in [1.807, 2.05) is 0 Å². The molecule has 27 heavy (non-hydrogen) atoms. The Morgan fingerprint density at radius 3 is 2.63 bits per heavy atom. The summed E-state index contributed by atoms with van der Waals surface area (Å²) in [5.74, 6) is 0.230. The number of rotatable bonds is 6. The molecule has 1 spiro atoms. The van der Waals surface area contributed by atoms with E-state index in [0.29, 0.717) is 32.9 Å². The van der Waals surface area contributed by atoms with E-state index < -0.39 is 0 Å². The number of carbonyl (C=O) groups excluding carboxylic acids is 1. The molecule has 0 aromatic rings. The maximum Gasteiger partial charge on any atom is 0.410 e. The van der Waals surface area contributed by atoms with E-state index in [1.165, 1.54) is 5.57 Å². The van der Waals surface area contributed by atoms with Gasteiger partial charge in [-0.1, -0.05) is 11.6 Å². The van der Waals surface area contributed by atoms with Crippen LogP contribution in [0.15, 0.2) is 11.6 Å². The highest BCUT2D eigenvalue weighted by Crippen LogP contribution is 2.52. The zero-order chi connectivity index (χ0) is 19.5. The smallest absolute Gasteiger partial charge is 0.410 e. The third-order valence-electron chi connectivity index (χ3n) is 6.06. The van der Waals surface area contributed by atoms with Gasteiger partial charge in [0, 0.05) is 19.0 Å². The first-order chi connectivity index (χ1) is 12.8. The van der Waals surface area contributed by atoms with Gasteiger partial charge in [-0.2, -0.15) is 0 Å². The first-order valence-electron chi connectivity index (χ1n) is 10.3. The van der Waals surface area contributed by atoms with E-state index in [9.17, 15) is 4.79 Å². The number of carbonyl (C=O) groups is 1. The molecule has 0 bridgehead atoms. The number of epoxide rings is 1. The third-order valence-corrected chi connectivity index (χ3v) is 6.06. The highest BCUT2D eigenvalue weighted by molar-refractivity contribution is 5.68. The van der Waals surface area contributed by atoms with Crippen LogP contribution in [0.5, 0.6) is 0 Å². The first-order valence-corrected chi connectivity index (χ1v) is 10.3. The van der Waals surface area contributed by atoms with Crippen LogP contribution in [-0.2, 0) is 18.9 Å². The zero-order valence-corrected chi connectivity index (χ0v) is 17.3. The molecule has 1 aliphatic carbocycles. The van der Waals surface area contributed by atoms with Crippen molar-refractivity contribution in [1.82, 2.24) is 4.90 Å². The van der Waals surface area contributed by atoms with E-state index in [0.717, 1.165) is 32.3 Å². The topological polar surface area (TPSA) is 60.5 Å². The minimum atomic E-state index is -0.309. The fourth-order valence-electron chi connectivity index (χ4n) is 4.37. The monoisotopic (exact) mass is 381 g/mol. The second kappa shape index (κ2) is 8.50. The Labute approximate surface area is 163 Å². The summed E-state index contributed by atoms with van der Waals surface area (Å²) in [5.41, 5.74) is 0.920. The van der Waals surface area contributed by atoms with Gasteiger partial charge >= 0.3 is 6.09 Å². The van der Waals surface area contributed by atoms with Crippen LogP contribution in [0.3, 0.4) is 0 Å². The quantitative estimate of drug-likeness (QED) is 0.400.